The van der Waals surface area contributed by atoms with Gasteiger partial charge in [0, 0.05) is 17.8 Å². The van der Waals surface area contributed by atoms with Gasteiger partial charge in [-0.2, -0.15) is 5.26 Å². The lowest BCUT2D eigenvalue weighted by molar-refractivity contribution is -0.116. The number of amides is 1. The summed E-state index contributed by atoms with van der Waals surface area (Å²) in [6, 6.07) is 2.32. The van der Waals surface area contributed by atoms with Crippen LogP contribution >= 0.6 is 11.3 Å². The zero-order valence-corrected chi connectivity index (χ0v) is 15.5. The highest BCUT2D eigenvalue weighted by atomic mass is 32.1. The van der Waals surface area contributed by atoms with Crippen molar-refractivity contribution in [1.82, 2.24) is 4.90 Å². The molecule has 0 bridgehead atoms. The molecule has 1 N–H and O–H groups in total. The van der Waals surface area contributed by atoms with Crippen LogP contribution in [0.25, 0.3) is 0 Å². The van der Waals surface area contributed by atoms with Crippen molar-refractivity contribution in [2.75, 3.05) is 25.0 Å². The maximum Gasteiger partial charge on any atom is 0.226 e. The smallest absolute Gasteiger partial charge is 0.226 e. The van der Waals surface area contributed by atoms with Crippen LogP contribution < -0.4 is 5.32 Å². The summed E-state index contributed by atoms with van der Waals surface area (Å²) in [4.78, 5) is 16.0. The highest BCUT2D eigenvalue weighted by molar-refractivity contribution is 7.16. The summed E-state index contributed by atoms with van der Waals surface area (Å²) in [5.74, 6) is 1.53. The number of carbonyl (C=O) groups excluding carboxylic acids is 1. The van der Waals surface area contributed by atoms with Gasteiger partial charge in [0.2, 0.25) is 5.91 Å². The minimum Gasteiger partial charge on any atom is -0.317 e. The molecule has 0 aromatic carbocycles. The van der Waals surface area contributed by atoms with Crippen molar-refractivity contribution in [3.8, 4) is 6.07 Å². The van der Waals surface area contributed by atoms with Crippen molar-refractivity contribution in [2.24, 2.45) is 11.8 Å². The van der Waals surface area contributed by atoms with Crippen LogP contribution in [-0.2, 0) is 17.6 Å². The van der Waals surface area contributed by atoms with Crippen LogP contribution in [0.2, 0.25) is 0 Å². The maximum absolute atomic E-state index is 12.3. The third-order valence-corrected chi connectivity index (χ3v) is 6.58. The van der Waals surface area contributed by atoms with Crippen LogP contribution in [0.15, 0.2) is 0 Å². The number of piperidine rings is 1. The number of fused-ring (bicyclic) bond motifs is 1. The molecule has 0 spiro atoms. The van der Waals surface area contributed by atoms with Crippen molar-refractivity contribution >= 4 is 22.2 Å². The molecule has 1 saturated heterocycles. The zero-order chi connectivity index (χ0) is 17.1. The largest absolute Gasteiger partial charge is 0.317 e. The van der Waals surface area contributed by atoms with Crippen molar-refractivity contribution in [1.29, 1.82) is 5.26 Å². The Morgan fingerprint density at radius 1 is 1.29 bits per heavy atom. The number of thiophene rings is 1. The van der Waals surface area contributed by atoms with Crippen LogP contribution in [0, 0.1) is 23.2 Å². The first-order chi connectivity index (χ1) is 11.6. The molecule has 3 rings (SSSR count). The topological polar surface area (TPSA) is 56.1 Å². The number of nitrogens with one attached hydrogen (secondary N) is 1. The van der Waals surface area contributed by atoms with Gasteiger partial charge < -0.3 is 10.2 Å². The van der Waals surface area contributed by atoms with Gasteiger partial charge >= 0.3 is 0 Å². The third-order valence-electron chi connectivity index (χ3n) is 5.41. The lowest BCUT2D eigenvalue weighted by Crippen LogP contribution is -2.35. The van der Waals surface area contributed by atoms with E-state index in [9.17, 15) is 10.1 Å². The minimum absolute atomic E-state index is 0.0387. The fraction of sp³-hybridized carbons (Fsp3) is 0.684. The molecular formula is C19H27N3OS. The van der Waals surface area contributed by atoms with Crippen molar-refractivity contribution < 1.29 is 4.79 Å². The quantitative estimate of drug-likeness (QED) is 0.903. The van der Waals surface area contributed by atoms with Crippen LogP contribution in [-0.4, -0.2) is 30.4 Å². The standard InChI is InChI=1S/C19H27N3OS/c1-13-5-8-22(9-6-13)10-7-18(23)21-19-16(12-20)15-4-3-14(2)11-17(15)24-19/h13-14H,3-11H2,1-2H3,(H,21,23)/t14-/m0/s1. The van der Waals surface area contributed by atoms with Crippen LogP contribution in [0.4, 0.5) is 5.00 Å². The van der Waals surface area contributed by atoms with E-state index in [4.69, 9.17) is 0 Å². The first-order valence-corrected chi connectivity index (χ1v) is 9.95. The molecule has 5 heteroatoms. The van der Waals surface area contributed by atoms with E-state index >= 15 is 0 Å². The highest BCUT2D eigenvalue weighted by Gasteiger charge is 2.25. The summed E-state index contributed by atoms with van der Waals surface area (Å²) < 4.78 is 0. The van der Waals surface area contributed by atoms with E-state index in [-0.39, 0.29) is 5.91 Å². The van der Waals surface area contributed by atoms with Crippen molar-refractivity contribution in [3.05, 3.63) is 16.0 Å². The predicted octanol–water partition coefficient (Wildman–Crippen LogP) is 3.81. The molecular weight excluding hydrogens is 318 g/mol. The monoisotopic (exact) mass is 345 g/mol. The Bertz CT molecular complexity index is 638. The van der Waals surface area contributed by atoms with Gasteiger partial charge in [-0.05, 0) is 62.6 Å². The van der Waals surface area contributed by atoms with Crippen LogP contribution in [0.5, 0.6) is 0 Å². The molecule has 1 atom stereocenters. The number of nitriles is 1. The summed E-state index contributed by atoms with van der Waals surface area (Å²) in [5, 5.41) is 13.3. The number of anilines is 1. The van der Waals surface area contributed by atoms with Gasteiger partial charge in [0.25, 0.3) is 0 Å². The summed E-state index contributed by atoms with van der Waals surface area (Å²) in [5.41, 5.74) is 1.89. The molecule has 24 heavy (non-hydrogen) atoms. The Labute approximate surface area is 148 Å². The molecule has 1 amide bonds. The number of likely N-dealkylation sites (tertiary alicyclic amines) is 1. The Kier molecular flexibility index (Phi) is 5.57. The molecule has 0 radical (unpaired) electrons. The number of hydrogen-bond donors (Lipinski definition) is 1. The van der Waals surface area contributed by atoms with E-state index in [2.05, 4.69) is 30.1 Å². The highest BCUT2D eigenvalue weighted by Crippen LogP contribution is 2.39. The molecule has 2 aliphatic rings. The van der Waals surface area contributed by atoms with Crippen LogP contribution in [0.1, 0.15) is 55.5 Å². The van der Waals surface area contributed by atoms with Gasteiger partial charge in [-0.25, -0.2) is 0 Å². The Morgan fingerprint density at radius 3 is 2.75 bits per heavy atom. The van der Waals surface area contributed by atoms with Crippen molar-refractivity contribution in [3.63, 3.8) is 0 Å². The summed E-state index contributed by atoms with van der Waals surface area (Å²) in [6.45, 7) is 7.58. The van der Waals surface area contributed by atoms with Crippen molar-refractivity contribution in [2.45, 2.75) is 52.4 Å². The molecule has 1 fully saturated rings. The number of carbonyl (C=O) groups is 1. The predicted molar refractivity (Wildman–Crippen MR) is 98.3 cm³/mol. The van der Waals surface area contributed by atoms with Gasteiger partial charge in [0.05, 0.1) is 5.56 Å². The maximum atomic E-state index is 12.3. The fourth-order valence-electron chi connectivity index (χ4n) is 3.69. The summed E-state index contributed by atoms with van der Waals surface area (Å²) in [7, 11) is 0. The minimum atomic E-state index is 0.0387. The molecule has 0 unspecified atom stereocenters. The number of hydrogen-bond acceptors (Lipinski definition) is 4. The Hall–Kier alpha value is -1.38. The van der Waals surface area contributed by atoms with Gasteiger partial charge in [-0.1, -0.05) is 13.8 Å². The second-order valence-corrected chi connectivity index (χ2v) is 8.60. The Balaban J connectivity index is 1.57. The number of nitrogens with zero attached hydrogens (tertiary/aromatic N) is 2. The summed E-state index contributed by atoms with van der Waals surface area (Å²) in [6.07, 6.45) is 6.12. The molecule has 130 valence electrons. The van der Waals surface area contributed by atoms with E-state index in [1.807, 2.05) is 0 Å². The van der Waals surface area contributed by atoms with Gasteiger partial charge in [0.1, 0.15) is 11.1 Å². The Morgan fingerprint density at radius 2 is 2.04 bits per heavy atom. The van der Waals surface area contributed by atoms with Crippen LogP contribution in [0.3, 0.4) is 0 Å². The van der Waals surface area contributed by atoms with Gasteiger partial charge in [-0.3, -0.25) is 4.79 Å². The van der Waals surface area contributed by atoms with E-state index in [0.29, 0.717) is 17.9 Å². The molecule has 1 aliphatic heterocycles. The average Bonchev–Trinajstić information content (AvgIpc) is 2.90. The molecule has 0 saturated carbocycles. The average molecular weight is 346 g/mol. The molecule has 1 aliphatic carbocycles. The molecule has 4 nitrogen and oxygen atoms in total. The van der Waals surface area contributed by atoms with E-state index < -0.39 is 0 Å². The van der Waals surface area contributed by atoms with E-state index in [1.54, 1.807) is 11.3 Å². The first-order valence-electron chi connectivity index (χ1n) is 9.13. The van der Waals surface area contributed by atoms with Gasteiger partial charge in [0.15, 0.2) is 0 Å². The van der Waals surface area contributed by atoms with Gasteiger partial charge in [-0.15, -0.1) is 11.3 Å². The normalized spacial score (nSPS) is 22.0. The zero-order valence-electron chi connectivity index (χ0n) is 14.7. The first kappa shape index (κ1) is 17.4. The second kappa shape index (κ2) is 7.67. The molecule has 2 heterocycles. The molecule has 1 aromatic rings. The number of rotatable bonds is 4. The lowest BCUT2D eigenvalue weighted by atomic mass is 9.89. The van der Waals surface area contributed by atoms with E-state index in [0.717, 1.165) is 49.8 Å². The molecule has 1 aromatic heterocycles. The SMILES string of the molecule is CC1CCN(CCC(=O)Nc2sc3c(c2C#N)CC[C@H](C)C3)CC1. The fourth-order valence-corrected chi connectivity index (χ4v) is 5.07. The second-order valence-electron chi connectivity index (χ2n) is 7.49. The third kappa shape index (κ3) is 3.99. The lowest BCUT2D eigenvalue weighted by Gasteiger charge is -2.29. The summed E-state index contributed by atoms with van der Waals surface area (Å²) >= 11 is 1.61. The van der Waals surface area contributed by atoms with E-state index in [1.165, 1.54) is 23.3 Å².